The maximum atomic E-state index is 14.0. The Hall–Kier alpha value is -1.20. The first-order valence-electron chi connectivity index (χ1n) is 6.08. The highest BCUT2D eigenvalue weighted by Crippen LogP contribution is 2.29. The second-order valence-corrected chi connectivity index (χ2v) is 5.06. The average molecular weight is 269 g/mol. The van der Waals surface area contributed by atoms with Gasteiger partial charge in [-0.05, 0) is 26.3 Å². The minimum atomic E-state index is -0.273. The van der Waals surface area contributed by atoms with Gasteiger partial charge in [-0.25, -0.2) is 4.39 Å². The van der Waals surface area contributed by atoms with E-state index in [4.69, 9.17) is 11.6 Å². The van der Waals surface area contributed by atoms with Gasteiger partial charge in [-0.2, -0.15) is 0 Å². The Kier molecular flexibility index (Phi) is 2.95. The SMILES string of the molecule is Cc1c(Cl)nnc2c1c(F)cn2[C@@H]1CCCNC1. The highest BCUT2D eigenvalue weighted by atomic mass is 35.5. The lowest BCUT2D eigenvalue weighted by Gasteiger charge is -2.24. The molecule has 0 aliphatic carbocycles. The highest BCUT2D eigenvalue weighted by molar-refractivity contribution is 6.30. The standard InChI is InChI=1S/C12H14ClFN4/c1-7-10-9(14)6-18(8-3-2-4-15-5-8)12(10)17-16-11(7)13/h6,8,15H,2-5H2,1H3/t8-/m1/s1. The van der Waals surface area contributed by atoms with E-state index >= 15 is 0 Å². The summed E-state index contributed by atoms with van der Waals surface area (Å²) >= 11 is 5.89. The molecule has 1 aliphatic heterocycles. The fourth-order valence-electron chi connectivity index (χ4n) is 2.55. The van der Waals surface area contributed by atoms with Gasteiger partial charge in [0, 0.05) is 24.3 Å². The molecule has 4 nitrogen and oxygen atoms in total. The molecule has 3 heterocycles. The quantitative estimate of drug-likeness (QED) is 0.864. The van der Waals surface area contributed by atoms with Gasteiger partial charge < -0.3 is 9.88 Å². The molecule has 0 amide bonds. The van der Waals surface area contributed by atoms with Crippen molar-refractivity contribution in [3.8, 4) is 0 Å². The van der Waals surface area contributed by atoms with Crippen LogP contribution in [0.2, 0.25) is 5.15 Å². The van der Waals surface area contributed by atoms with Crippen LogP contribution in [0.4, 0.5) is 4.39 Å². The summed E-state index contributed by atoms with van der Waals surface area (Å²) in [5, 5.41) is 12.0. The predicted molar refractivity (Wildman–Crippen MR) is 68.4 cm³/mol. The van der Waals surface area contributed by atoms with Crippen LogP contribution in [-0.2, 0) is 0 Å². The van der Waals surface area contributed by atoms with Crippen molar-refractivity contribution < 1.29 is 4.39 Å². The number of nitrogens with zero attached hydrogens (tertiary/aromatic N) is 3. The Bertz CT molecular complexity index is 589. The van der Waals surface area contributed by atoms with Crippen LogP contribution < -0.4 is 5.32 Å². The van der Waals surface area contributed by atoms with Gasteiger partial charge in [0.2, 0.25) is 0 Å². The van der Waals surface area contributed by atoms with E-state index in [2.05, 4.69) is 15.5 Å². The normalized spacial score (nSPS) is 20.5. The van der Waals surface area contributed by atoms with Crippen LogP contribution in [-0.4, -0.2) is 27.9 Å². The predicted octanol–water partition coefficient (Wildman–Crippen LogP) is 2.46. The third kappa shape index (κ3) is 1.78. The highest BCUT2D eigenvalue weighted by Gasteiger charge is 2.21. The summed E-state index contributed by atoms with van der Waals surface area (Å²) in [7, 11) is 0. The van der Waals surface area contributed by atoms with E-state index < -0.39 is 0 Å². The van der Waals surface area contributed by atoms with Crippen LogP contribution in [0.15, 0.2) is 6.20 Å². The summed E-state index contributed by atoms with van der Waals surface area (Å²) in [5.74, 6) is -0.273. The molecule has 2 aromatic rings. The van der Waals surface area contributed by atoms with Gasteiger partial charge in [0.15, 0.2) is 16.6 Å². The monoisotopic (exact) mass is 268 g/mol. The fraction of sp³-hybridized carbons (Fsp3) is 0.500. The Labute approximate surface area is 109 Å². The molecule has 18 heavy (non-hydrogen) atoms. The molecule has 0 radical (unpaired) electrons. The summed E-state index contributed by atoms with van der Waals surface area (Å²) in [6, 6.07) is 0.237. The molecule has 3 rings (SSSR count). The van der Waals surface area contributed by atoms with E-state index in [9.17, 15) is 4.39 Å². The molecule has 1 N–H and O–H groups in total. The number of aryl methyl sites for hydroxylation is 1. The van der Waals surface area contributed by atoms with Crippen LogP contribution in [0.5, 0.6) is 0 Å². The molecule has 1 aliphatic rings. The maximum absolute atomic E-state index is 14.0. The molecule has 0 saturated carbocycles. The van der Waals surface area contributed by atoms with Crippen molar-refractivity contribution in [1.82, 2.24) is 20.1 Å². The van der Waals surface area contributed by atoms with Gasteiger partial charge in [0.1, 0.15) is 0 Å². The van der Waals surface area contributed by atoms with Crippen molar-refractivity contribution in [2.45, 2.75) is 25.8 Å². The Morgan fingerprint density at radius 1 is 1.50 bits per heavy atom. The third-order valence-corrected chi connectivity index (χ3v) is 3.90. The summed E-state index contributed by atoms with van der Waals surface area (Å²) in [6.07, 6.45) is 3.63. The number of hydrogen-bond donors (Lipinski definition) is 1. The van der Waals surface area contributed by atoms with Crippen LogP contribution in [0, 0.1) is 12.7 Å². The van der Waals surface area contributed by atoms with Crippen molar-refractivity contribution in [3.05, 3.63) is 22.7 Å². The number of hydrogen-bond acceptors (Lipinski definition) is 3. The molecule has 1 saturated heterocycles. The largest absolute Gasteiger partial charge is 0.324 e. The molecule has 96 valence electrons. The van der Waals surface area contributed by atoms with Crippen molar-refractivity contribution >= 4 is 22.6 Å². The molecule has 1 fully saturated rings. The molecular formula is C12H14ClFN4. The van der Waals surface area contributed by atoms with E-state index in [-0.39, 0.29) is 17.0 Å². The Morgan fingerprint density at radius 3 is 3.06 bits per heavy atom. The third-order valence-electron chi connectivity index (χ3n) is 3.54. The van der Waals surface area contributed by atoms with Gasteiger partial charge >= 0.3 is 0 Å². The summed E-state index contributed by atoms with van der Waals surface area (Å²) < 4.78 is 15.9. The van der Waals surface area contributed by atoms with Gasteiger partial charge in [0.05, 0.1) is 5.39 Å². The molecule has 0 spiro atoms. The van der Waals surface area contributed by atoms with Crippen LogP contribution in [0.25, 0.3) is 11.0 Å². The zero-order valence-corrected chi connectivity index (χ0v) is 10.8. The van der Waals surface area contributed by atoms with Gasteiger partial charge in [-0.3, -0.25) is 0 Å². The number of rotatable bonds is 1. The molecular weight excluding hydrogens is 255 g/mol. The van der Waals surface area contributed by atoms with Crippen LogP contribution in [0.1, 0.15) is 24.4 Å². The molecule has 2 aromatic heterocycles. The van der Waals surface area contributed by atoms with Gasteiger partial charge in [0.25, 0.3) is 0 Å². The van der Waals surface area contributed by atoms with Crippen molar-refractivity contribution in [3.63, 3.8) is 0 Å². The zero-order chi connectivity index (χ0) is 12.7. The topological polar surface area (TPSA) is 42.7 Å². The van der Waals surface area contributed by atoms with Crippen molar-refractivity contribution in [2.24, 2.45) is 0 Å². The van der Waals surface area contributed by atoms with E-state index in [1.54, 1.807) is 6.92 Å². The van der Waals surface area contributed by atoms with E-state index in [0.29, 0.717) is 16.6 Å². The lowest BCUT2D eigenvalue weighted by Crippen LogP contribution is -2.31. The second-order valence-electron chi connectivity index (χ2n) is 4.70. The molecule has 0 unspecified atom stereocenters. The summed E-state index contributed by atoms with van der Waals surface area (Å²) in [4.78, 5) is 0. The first kappa shape index (κ1) is 11.9. The van der Waals surface area contributed by atoms with E-state index in [1.807, 2.05) is 4.57 Å². The maximum Gasteiger partial charge on any atom is 0.166 e. The number of piperidine rings is 1. The minimum absolute atomic E-state index is 0.237. The number of nitrogens with one attached hydrogen (secondary N) is 1. The molecule has 0 aromatic carbocycles. The first-order chi connectivity index (χ1) is 8.68. The Balaban J connectivity index is 2.16. The fourth-order valence-corrected chi connectivity index (χ4v) is 2.68. The molecule has 1 atom stereocenters. The molecule has 6 heteroatoms. The Morgan fingerprint density at radius 2 is 2.33 bits per heavy atom. The lowest BCUT2D eigenvalue weighted by molar-refractivity contribution is 0.375. The average Bonchev–Trinajstić information content (AvgIpc) is 2.73. The summed E-state index contributed by atoms with van der Waals surface area (Å²) in [6.45, 7) is 3.63. The van der Waals surface area contributed by atoms with Crippen LogP contribution >= 0.6 is 11.6 Å². The second kappa shape index (κ2) is 4.48. The smallest absolute Gasteiger partial charge is 0.166 e. The zero-order valence-electron chi connectivity index (χ0n) is 10.1. The summed E-state index contributed by atoms with van der Waals surface area (Å²) in [5.41, 5.74) is 1.24. The first-order valence-corrected chi connectivity index (χ1v) is 6.46. The minimum Gasteiger partial charge on any atom is -0.324 e. The van der Waals surface area contributed by atoms with E-state index in [1.165, 1.54) is 6.20 Å². The van der Waals surface area contributed by atoms with Gasteiger partial charge in [-0.1, -0.05) is 11.6 Å². The lowest BCUT2D eigenvalue weighted by atomic mass is 10.1. The van der Waals surface area contributed by atoms with Crippen LogP contribution in [0.3, 0.4) is 0 Å². The number of fused-ring (bicyclic) bond motifs is 1. The van der Waals surface area contributed by atoms with Crippen molar-refractivity contribution in [1.29, 1.82) is 0 Å². The molecule has 0 bridgehead atoms. The van der Waals surface area contributed by atoms with E-state index in [0.717, 1.165) is 25.9 Å². The number of aromatic nitrogens is 3. The van der Waals surface area contributed by atoms with Crippen molar-refractivity contribution in [2.75, 3.05) is 13.1 Å². The number of halogens is 2. The van der Waals surface area contributed by atoms with Gasteiger partial charge in [-0.15, -0.1) is 10.2 Å².